The van der Waals surface area contributed by atoms with Gasteiger partial charge in [-0.15, -0.1) is 0 Å². The van der Waals surface area contributed by atoms with Crippen LogP contribution < -0.4 is 4.74 Å². The van der Waals surface area contributed by atoms with E-state index in [0.29, 0.717) is 5.75 Å². The molecule has 1 aromatic rings. The maximum absolute atomic E-state index is 11.3. The number of ether oxygens (including phenoxy) is 2. The highest BCUT2D eigenvalue weighted by atomic mass is 35.7. The Hall–Kier alpha value is -1.27. The molecule has 0 spiro atoms. The average Bonchev–Trinajstić information content (AvgIpc) is 2.27. The van der Waals surface area contributed by atoms with E-state index in [4.69, 9.17) is 15.4 Å². The topological polar surface area (TPSA) is 69.7 Å². The van der Waals surface area contributed by atoms with Crippen molar-refractivity contribution in [2.45, 2.75) is 11.3 Å². The van der Waals surface area contributed by atoms with Gasteiger partial charge in [0.2, 0.25) is 0 Å². The Labute approximate surface area is 104 Å². The third kappa shape index (κ3) is 3.61. The summed E-state index contributed by atoms with van der Waals surface area (Å²) in [4.78, 5) is 11.0. The lowest BCUT2D eigenvalue weighted by atomic mass is 10.1. The average molecular weight is 279 g/mol. The van der Waals surface area contributed by atoms with Crippen molar-refractivity contribution in [3.05, 3.63) is 23.8 Å². The maximum Gasteiger partial charge on any atom is 0.310 e. The minimum Gasteiger partial charge on any atom is -0.497 e. The van der Waals surface area contributed by atoms with Crippen molar-refractivity contribution in [1.82, 2.24) is 0 Å². The minimum atomic E-state index is -3.90. The number of hydrogen-bond acceptors (Lipinski definition) is 5. The summed E-state index contributed by atoms with van der Waals surface area (Å²) >= 11 is 0. The molecule has 0 amide bonds. The molecule has 0 aliphatic rings. The van der Waals surface area contributed by atoms with Gasteiger partial charge in [0, 0.05) is 10.7 Å². The quantitative estimate of drug-likeness (QED) is 0.614. The van der Waals surface area contributed by atoms with Crippen LogP contribution >= 0.6 is 10.7 Å². The summed E-state index contributed by atoms with van der Waals surface area (Å²) in [5, 5.41) is 0. The molecule has 17 heavy (non-hydrogen) atoms. The molecule has 0 radical (unpaired) electrons. The number of hydrogen-bond donors (Lipinski definition) is 0. The van der Waals surface area contributed by atoms with E-state index in [9.17, 15) is 13.2 Å². The Morgan fingerprint density at radius 3 is 2.47 bits per heavy atom. The lowest BCUT2D eigenvalue weighted by Crippen LogP contribution is -2.08. The van der Waals surface area contributed by atoms with Gasteiger partial charge in [-0.05, 0) is 23.8 Å². The molecule has 0 atom stereocenters. The van der Waals surface area contributed by atoms with Crippen LogP contribution in [0.1, 0.15) is 5.56 Å². The molecule has 7 heteroatoms. The number of carbonyl (C=O) groups is 1. The van der Waals surface area contributed by atoms with Gasteiger partial charge in [0.25, 0.3) is 9.05 Å². The fourth-order valence-electron chi connectivity index (χ4n) is 1.29. The van der Waals surface area contributed by atoms with Crippen molar-refractivity contribution in [2.75, 3.05) is 14.2 Å². The van der Waals surface area contributed by atoms with E-state index < -0.39 is 15.0 Å². The van der Waals surface area contributed by atoms with Crippen molar-refractivity contribution in [3.8, 4) is 5.75 Å². The largest absolute Gasteiger partial charge is 0.497 e. The highest BCUT2D eigenvalue weighted by Crippen LogP contribution is 2.25. The molecule has 0 N–H and O–H groups in total. The summed E-state index contributed by atoms with van der Waals surface area (Å²) in [6, 6.07) is 4.18. The van der Waals surface area contributed by atoms with E-state index in [2.05, 4.69) is 4.74 Å². The summed E-state index contributed by atoms with van der Waals surface area (Å²) in [5.74, 6) is -0.118. The number of esters is 1. The molecular formula is C10H11ClO5S. The monoisotopic (exact) mass is 278 g/mol. The van der Waals surface area contributed by atoms with Gasteiger partial charge in [-0.25, -0.2) is 8.42 Å². The lowest BCUT2D eigenvalue weighted by molar-refractivity contribution is -0.139. The molecule has 0 saturated heterocycles. The van der Waals surface area contributed by atoms with Crippen molar-refractivity contribution in [1.29, 1.82) is 0 Å². The number of rotatable bonds is 4. The molecule has 0 aliphatic carbocycles. The standard InChI is InChI=1S/C10H11ClO5S/c1-15-8-3-4-9(17(11,13)14)7(5-8)6-10(12)16-2/h3-5H,6H2,1-2H3. The number of carbonyl (C=O) groups excluding carboxylic acids is 1. The zero-order valence-electron chi connectivity index (χ0n) is 9.27. The van der Waals surface area contributed by atoms with Crippen LogP contribution in [0, 0.1) is 0 Å². The molecule has 0 aliphatic heterocycles. The van der Waals surface area contributed by atoms with Crippen LogP contribution in [0.25, 0.3) is 0 Å². The molecule has 0 heterocycles. The Kier molecular flexibility index (Phi) is 4.36. The molecule has 94 valence electrons. The molecule has 1 rings (SSSR count). The molecule has 0 aromatic heterocycles. The zero-order chi connectivity index (χ0) is 13.1. The van der Waals surface area contributed by atoms with Gasteiger partial charge in [0.1, 0.15) is 5.75 Å². The third-order valence-electron chi connectivity index (χ3n) is 2.09. The summed E-state index contributed by atoms with van der Waals surface area (Å²) < 4.78 is 32.0. The van der Waals surface area contributed by atoms with E-state index in [1.165, 1.54) is 32.4 Å². The van der Waals surface area contributed by atoms with Crippen molar-refractivity contribution in [2.24, 2.45) is 0 Å². The Balaban J connectivity index is 3.26. The number of benzene rings is 1. The second-order valence-corrected chi connectivity index (χ2v) is 5.70. The van der Waals surface area contributed by atoms with Crippen LogP contribution in [0.5, 0.6) is 5.75 Å². The fourth-order valence-corrected chi connectivity index (χ4v) is 2.41. The second kappa shape index (κ2) is 5.37. The predicted octanol–water partition coefficient (Wildman–Crippen LogP) is 1.34. The van der Waals surface area contributed by atoms with E-state index in [0.717, 1.165) is 0 Å². The molecule has 0 bridgehead atoms. The Bertz CT molecular complexity index is 523. The van der Waals surface area contributed by atoms with Gasteiger partial charge in [0.15, 0.2) is 0 Å². The smallest absolute Gasteiger partial charge is 0.310 e. The minimum absolute atomic E-state index is 0.120. The fraction of sp³-hybridized carbons (Fsp3) is 0.300. The predicted molar refractivity (Wildman–Crippen MR) is 61.8 cm³/mol. The maximum atomic E-state index is 11.3. The molecule has 0 unspecified atom stereocenters. The summed E-state index contributed by atoms with van der Waals surface area (Å²) in [5.41, 5.74) is 0.242. The van der Waals surface area contributed by atoms with Crippen LogP contribution in [0.3, 0.4) is 0 Å². The van der Waals surface area contributed by atoms with Crippen LogP contribution in [0.4, 0.5) is 0 Å². The Morgan fingerprint density at radius 2 is 2.00 bits per heavy atom. The van der Waals surface area contributed by atoms with Gasteiger partial charge < -0.3 is 9.47 Å². The number of halogens is 1. The highest BCUT2D eigenvalue weighted by Gasteiger charge is 2.18. The van der Waals surface area contributed by atoms with Gasteiger partial charge in [-0.2, -0.15) is 0 Å². The van der Waals surface area contributed by atoms with Crippen LogP contribution in [-0.2, 0) is 25.0 Å². The van der Waals surface area contributed by atoms with Crippen LogP contribution in [0.15, 0.2) is 23.1 Å². The Morgan fingerprint density at radius 1 is 1.35 bits per heavy atom. The summed E-state index contributed by atoms with van der Waals surface area (Å²) in [6.45, 7) is 0. The van der Waals surface area contributed by atoms with E-state index in [1.54, 1.807) is 0 Å². The third-order valence-corrected chi connectivity index (χ3v) is 3.52. The summed E-state index contributed by atoms with van der Waals surface area (Å²) in [7, 11) is 4.02. The van der Waals surface area contributed by atoms with Crippen LogP contribution in [0.2, 0.25) is 0 Å². The van der Waals surface area contributed by atoms with Gasteiger partial charge in [-0.1, -0.05) is 0 Å². The summed E-state index contributed by atoms with van der Waals surface area (Å²) in [6.07, 6.45) is -0.186. The van der Waals surface area contributed by atoms with Gasteiger partial charge in [-0.3, -0.25) is 4.79 Å². The molecule has 0 fully saturated rings. The molecule has 5 nitrogen and oxygen atoms in total. The number of methoxy groups -OCH3 is 2. The van der Waals surface area contributed by atoms with Crippen molar-refractivity contribution < 1.29 is 22.7 Å². The highest BCUT2D eigenvalue weighted by molar-refractivity contribution is 8.13. The molecule has 1 aromatic carbocycles. The molecule has 0 saturated carbocycles. The molecular weight excluding hydrogens is 268 g/mol. The van der Waals surface area contributed by atoms with Crippen molar-refractivity contribution >= 4 is 25.7 Å². The first kappa shape index (κ1) is 13.8. The van der Waals surface area contributed by atoms with Crippen molar-refractivity contribution in [3.63, 3.8) is 0 Å². The van der Waals surface area contributed by atoms with Gasteiger partial charge in [0.05, 0.1) is 25.5 Å². The first-order valence-corrected chi connectivity index (χ1v) is 6.88. The first-order valence-electron chi connectivity index (χ1n) is 4.57. The van der Waals surface area contributed by atoms with Gasteiger partial charge >= 0.3 is 5.97 Å². The van der Waals surface area contributed by atoms with E-state index in [-0.39, 0.29) is 16.9 Å². The SMILES string of the molecule is COC(=O)Cc1cc(OC)ccc1S(=O)(=O)Cl. The lowest BCUT2D eigenvalue weighted by Gasteiger charge is -2.08. The van der Waals surface area contributed by atoms with E-state index in [1.807, 2.05) is 0 Å². The van der Waals surface area contributed by atoms with Crippen LogP contribution in [-0.4, -0.2) is 28.6 Å². The second-order valence-electron chi connectivity index (χ2n) is 3.16. The first-order chi connectivity index (χ1) is 7.88. The normalized spacial score (nSPS) is 11.0. The zero-order valence-corrected chi connectivity index (χ0v) is 10.8. The van der Waals surface area contributed by atoms with E-state index >= 15 is 0 Å².